The van der Waals surface area contributed by atoms with E-state index < -0.39 is 17.3 Å². The van der Waals surface area contributed by atoms with E-state index in [0.717, 1.165) is 43.6 Å². The number of alkyl halides is 3. The molecular weight excluding hydrogens is 447 g/mol. The Morgan fingerprint density at radius 2 is 2.00 bits per heavy atom. The Kier molecular flexibility index (Phi) is 5.90. The fraction of sp³-hybridized carbons (Fsp3) is 0.500. The van der Waals surface area contributed by atoms with Crippen molar-refractivity contribution < 1.29 is 22.7 Å². The Morgan fingerprint density at radius 1 is 1.18 bits per heavy atom. The van der Waals surface area contributed by atoms with Gasteiger partial charge in [-0.3, -0.25) is 14.7 Å². The number of benzene rings is 1. The second-order valence-electron chi connectivity index (χ2n) is 9.18. The van der Waals surface area contributed by atoms with E-state index >= 15 is 0 Å². The normalized spacial score (nSPS) is 22.8. The number of amides is 1. The maximum atomic E-state index is 13.2. The number of nitriles is 1. The third kappa shape index (κ3) is 4.85. The van der Waals surface area contributed by atoms with Crippen molar-refractivity contribution in [2.75, 3.05) is 26.2 Å². The molecule has 34 heavy (non-hydrogen) atoms. The first-order valence-electron chi connectivity index (χ1n) is 11.4. The quantitative estimate of drug-likeness (QED) is 0.667. The van der Waals surface area contributed by atoms with Crippen molar-refractivity contribution in [1.82, 2.24) is 19.8 Å². The van der Waals surface area contributed by atoms with Crippen LogP contribution in [0.3, 0.4) is 0 Å². The number of fused-ring (bicyclic) bond motifs is 1. The molecular formula is C24H24F3N5O2. The summed E-state index contributed by atoms with van der Waals surface area (Å²) in [5, 5.41) is 8.95. The van der Waals surface area contributed by atoms with Gasteiger partial charge in [-0.1, -0.05) is 6.07 Å². The number of carbonyl (C=O) groups is 1. The van der Waals surface area contributed by atoms with Gasteiger partial charge in [0.25, 0.3) is 0 Å². The third-order valence-electron chi connectivity index (χ3n) is 6.73. The van der Waals surface area contributed by atoms with Gasteiger partial charge in [-0.2, -0.15) is 18.4 Å². The Balaban J connectivity index is 1.17. The van der Waals surface area contributed by atoms with Gasteiger partial charge in [-0.25, -0.2) is 4.98 Å². The first-order valence-corrected chi connectivity index (χ1v) is 11.4. The molecule has 1 aromatic heterocycles. The molecule has 0 spiro atoms. The molecule has 1 aromatic carbocycles. The van der Waals surface area contributed by atoms with Crippen LogP contribution in [0.15, 0.2) is 30.6 Å². The zero-order chi connectivity index (χ0) is 23.9. The van der Waals surface area contributed by atoms with Crippen molar-refractivity contribution in [3.63, 3.8) is 0 Å². The van der Waals surface area contributed by atoms with Crippen LogP contribution in [0.25, 0.3) is 0 Å². The van der Waals surface area contributed by atoms with E-state index in [2.05, 4.69) is 14.9 Å². The Labute approximate surface area is 195 Å². The van der Waals surface area contributed by atoms with Crippen LogP contribution in [0.2, 0.25) is 0 Å². The lowest BCUT2D eigenvalue weighted by Gasteiger charge is -2.37. The Hall–Kier alpha value is -3.19. The fourth-order valence-electron chi connectivity index (χ4n) is 4.78. The largest absolute Gasteiger partial charge is 0.472 e. The zero-order valence-electron chi connectivity index (χ0n) is 18.5. The van der Waals surface area contributed by atoms with Gasteiger partial charge in [0, 0.05) is 44.6 Å². The number of ether oxygens (including phenoxy) is 1. The molecule has 1 amide bonds. The number of nitrogens with zero attached hydrogens (tertiary/aromatic N) is 5. The molecule has 3 fully saturated rings. The summed E-state index contributed by atoms with van der Waals surface area (Å²) in [4.78, 5) is 25.7. The lowest BCUT2D eigenvalue weighted by Crippen LogP contribution is -2.52. The number of hydrogen-bond donors (Lipinski definition) is 0. The minimum absolute atomic E-state index is 0.0472. The van der Waals surface area contributed by atoms with Crippen molar-refractivity contribution in [3.05, 3.63) is 53.0 Å². The van der Waals surface area contributed by atoms with Crippen LogP contribution >= 0.6 is 0 Å². The second-order valence-corrected chi connectivity index (χ2v) is 9.18. The maximum Gasteiger partial charge on any atom is 0.417 e. The number of piperazine rings is 1. The van der Waals surface area contributed by atoms with Crippen LogP contribution in [-0.2, 0) is 17.4 Å². The lowest BCUT2D eigenvalue weighted by atomic mass is 10.0. The summed E-state index contributed by atoms with van der Waals surface area (Å²) in [5.74, 6) is 0.821. The standard InChI is InChI=1S/C24H24F3N5O2/c25-24(26,27)20-7-15(1-2-17(20)10-28)8-23(33)32-6-5-31-14-19(9-18(31)13-32)34-22-12-29-21(11-30-22)16-3-4-16/h1-2,7,11-12,16,18-19H,3-6,8-9,13-14H2/t18-,19+/m0/s1. The van der Waals surface area contributed by atoms with Gasteiger partial charge in [-0.05, 0) is 30.5 Å². The van der Waals surface area contributed by atoms with Gasteiger partial charge >= 0.3 is 6.18 Å². The summed E-state index contributed by atoms with van der Waals surface area (Å²) >= 11 is 0. The molecule has 178 valence electrons. The summed E-state index contributed by atoms with van der Waals surface area (Å²) in [6.07, 6.45) is 1.70. The zero-order valence-corrected chi connectivity index (χ0v) is 18.5. The SMILES string of the molecule is N#Cc1ccc(CC(=O)N2CCN3C[C@H](Oc4cnc(C5CC5)cn4)C[C@H]3C2)cc1C(F)(F)F. The monoisotopic (exact) mass is 471 g/mol. The predicted molar refractivity (Wildman–Crippen MR) is 115 cm³/mol. The van der Waals surface area contributed by atoms with Crippen LogP contribution in [0.4, 0.5) is 13.2 Å². The summed E-state index contributed by atoms with van der Waals surface area (Å²) in [6.45, 7) is 2.45. The summed E-state index contributed by atoms with van der Waals surface area (Å²) in [6, 6.07) is 5.14. The third-order valence-corrected chi connectivity index (χ3v) is 6.73. The van der Waals surface area contributed by atoms with Crippen molar-refractivity contribution in [3.8, 4) is 11.9 Å². The first-order chi connectivity index (χ1) is 16.3. The van der Waals surface area contributed by atoms with Crippen molar-refractivity contribution in [2.45, 2.75) is 49.9 Å². The highest BCUT2D eigenvalue weighted by molar-refractivity contribution is 5.79. The molecule has 3 heterocycles. The number of carbonyl (C=O) groups excluding carboxylic acids is 1. The minimum Gasteiger partial charge on any atom is -0.472 e. The van der Waals surface area contributed by atoms with Crippen molar-refractivity contribution in [1.29, 1.82) is 5.26 Å². The maximum absolute atomic E-state index is 13.2. The Morgan fingerprint density at radius 3 is 2.68 bits per heavy atom. The second kappa shape index (κ2) is 8.87. The van der Waals surface area contributed by atoms with Crippen LogP contribution in [0.1, 0.15) is 47.6 Å². The van der Waals surface area contributed by atoms with E-state index in [1.165, 1.54) is 6.07 Å². The molecule has 0 radical (unpaired) electrons. The molecule has 2 atom stereocenters. The molecule has 5 rings (SSSR count). The molecule has 1 aliphatic carbocycles. The van der Waals surface area contributed by atoms with Gasteiger partial charge in [0.2, 0.25) is 11.8 Å². The fourth-order valence-corrected chi connectivity index (χ4v) is 4.78. The van der Waals surface area contributed by atoms with Crippen LogP contribution < -0.4 is 4.74 Å². The van der Waals surface area contributed by atoms with Gasteiger partial charge in [-0.15, -0.1) is 0 Å². The summed E-state index contributed by atoms with van der Waals surface area (Å²) in [5.41, 5.74) is -0.190. The van der Waals surface area contributed by atoms with Crippen LogP contribution in [0.5, 0.6) is 5.88 Å². The summed E-state index contributed by atoms with van der Waals surface area (Å²) in [7, 11) is 0. The Bertz CT molecular complexity index is 1110. The lowest BCUT2D eigenvalue weighted by molar-refractivity contribution is -0.138. The number of rotatable bonds is 5. The number of halogens is 3. The van der Waals surface area contributed by atoms with E-state index in [1.54, 1.807) is 23.4 Å². The van der Waals surface area contributed by atoms with Gasteiger partial charge in [0.1, 0.15) is 6.10 Å². The molecule has 0 N–H and O–H groups in total. The molecule has 2 aromatic rings. The van der Waals surface area contributed by atoms with Crippen LogP contribution in [-0.4, -0.2) is 64.0 Å². The van der Waals surface area contributed by atoms with Gasteiger partial charge in [0.05, 0.1) is 41.7 Å². The van der Waals surface area contributed by atoms with E-state index in [-0.39, 0.29) is 30.0 Å². The van der Waals surface area contributed by atoms with E-state index in [0.29, 0.717) is 31.4 Å². The molecule has 1 saturated carbocycles. The van der Waals surface area contributed by atoms with Crippen molar-refractivity contribution in [2.24, 2.45) is 0 Å². The molecule has 7 nitrogen and oxygen atoms in total. The predicted octanol–water partition coefficient (Wildman–Crippen LogP) is 3.15. The molecule has 0 bridgehead atoms. The molecule has 3 aliphatic rings. The highest BCUT2D eigenvalue weighted by atomic mass is 19.4. The molecule has 2 saturated heterocycles. The van der Waals surface area contributed by atoms with E-state index in [4.69, 9.17) is 10.00 Å². The molecule has 2 aliphatic heterocycles. The highest BCUT2D eigenvalue weighted by Crippen LogP contribution is 2.38. The molecule has 0 unspecified atom stereocenters. The summed E-state index contributed by atoms with van der Waals surface area (Å²) < 4.78 is 45.7. The average molecular weight is 471 g/mol. The number of aromatic nitrogens is 2. The number of hydrogen-bond acceptors (Lipinski definition) is 6. The van der Waals surface area contributed by atoms with Gasteiger partial charge < -0.3 is 9.64 Å². The van der Waals surface area contributed by atoms with Gasteiger partial charge in [0.15, 0.2) is 0 Å². The van der Waals surface area contributed by atoms with Crippen LogP contribution in [0, 0.1) is 11.3 Å². The van der Waals surface area contributed by atoms with Crippen molar-refractivity contribution >= 4 is 5.91 Å². The van der Waals surface area contributed by atoms with E-state index in [1.807, 2.05) is 0 Å². The highest BCUT2D eigenvalue weighted by Gasteiger charge is 2.39. The molecule has 10 heteroatoms. The smallest absolute Gasteiger partial charge is 0.417 e. The topological polar surface area (TPSA) is 82.4 Å². The first kappa shape index (κ1) is 22.6. The average Bonchev–Trinajstić information content (AvgIpc) is 3.58. The van der Waals surface area contributed by atoms with E-state index in [9.17, 15) is 18.0 Å². The minimum atomic E-state index is -4.64.